The van der Waals surface area contributed by atoms with Crippen LogP contribution in [-0.4, -0.2) is 51.7 Å². The van der Waals surface area contributed by atoms with Crippen molar-refractivity contribution in [2.45, 2.75) is 25.8 Å². The summed E-state index contributed by atoms with van der Waals surface area (Å²) in [5.41, 5.74) is 11.8. The number of carbonyl (C=O) groups is 1. The van der Waals surface area contributed by atoms with Gasteiger partial charge in [0.1, 0.15) is 18.5 Å². The molecule has 10 heteroatoms. The fraction of sp³-hybridized carbons (Fsp3) is 0.226. The SMILES string of the molecule is COCC(C)(C)c1c(-c2ccc(C(=O)NCCn3cncn3)cc2)c2cc(N)c(C=N)cc2n1-c1ccc(F)cc1. The molecule has 0 radical (unpaired) electrons. The van der Waals surface area contributed by atoms with E-state index in [9.17, 15) is 9.18 Å². The Morgan fingerprint density at radius 2 is 1.88 bits per heavy atom. The van der Waals surface area contributed by atoms with E-state index < -0.39 is 5.41 Å². The number of aromatic nitrogens is 4. The number of fused-ring (bicyclic) bond motifs is 1. The number of amides is 1. The van der Waals surface area contributed by atoms with Crippen LogP contribution in [0, 0.1) is 11.2 Å². The van der Waals surface area contributed by atoms with E-state index in [1.54, 1.807) is 42.4 Å². The summed E-state index contributed by atoms with van der Waals surface area (Å²) in [6.45, 7) is 5.53. The predicted octanol–water partition coefficient (Wildman–Crippen LogP) is 4.96. The summed E-state index contributed by atoms with van der Waals surface area (Å²) in [5.74, 6) is -0.520. The number of carbonyl (C=O) groups excluding carboxylic acids is 1. The van der Waals surface area contributed by atoms with Gasteiger partial charge in [0.2, 0.25) is 0 Å². The molecule has 0 saturated heterocycles. The zero-order chi connectivity index (χ0) is 29.1. The molecule has 0 unspecified atom stereocenters. The molecule has 0 spiro atoms. The zero-order valence-corrected chi connectivity index (χ0v) is 23.2. The monoisotopic (exact) mass is 553 g/mol. The molecule has 1 amide bonds. The summed E-state index contributed by atoms with van der Waals surface area (Å²) in [7, 11) is 1.66. The summed E-state index contributed by atoms with van der Waals surface area (Å²) >= 11 is 0. The van der Waals surface area contributed by atoms with E-state index in [1.807, 2.05) is 24.3 Å². The van der Waals surface area contributed by atoms with Gasteiger partial charge >= 0.3 is 0 Å². The topological polar surface area (TPSA) is 124 Å². The number of ether oxygens (including phenoxy) is 1. The lowest BCUT2D eigenvalue weighted by Crippen LogP contribution is -2.28. The maximum Gasteiger partial charge on any atom is 0.251 e. The van der Waals surface area contributed by atoms with Gasteiger partial charge in [0.05, 0.1) is 18.7 Å². The molecule has 9 nitrogen and oxygen atoms in total. The largest absolute Gasteiger partial charge is 0.398 e. The first-order chi connectivity index (χ1) is 19.7. The molecule has 41 heavy (non-hydrogen) atoms. The quantitative estimate of drug-likeness (QED) is 0.167. The minimum Gasteiger partial charge on any atom is -0.398 e. The second kappa shape index (κ2) is 11.3. The molecule has 0 aliphatic rings. The lowest BCUT2D eigenvalue weighted by molar-refractivity contribution is 0.0952. The lowest BCUT2D eigenvalue weighted by atomic mass is 9.84. The summed E-state index contributed by atoms with van der Waals surface area (Å²) < 4.78 is 23.3. The van der Waals surface area contributed by atoms with Gasteiger partial charge in [-0.2, -0.15) is 5.10 Å². The molecule has 5 rings (SSSR count). The zero-order valence-electron chi connectivity index (χ0n) is 23.2. The van der Waals surface area contributed by atoms with Crippen LogP contribution >= 0.6 is 0 Å². The lowest BCUT2D eigenvalue weighted by Gasteiger charge is -2.28. The number of hydrogen-bond donors (Lipinski definition) is 3. The van der Waals surface area contributed by atoms with Crippen LogP contribution in [0.25, 0.3) is 27.7 Å². The average Bonchev–Trinajstić information content (AvgIpc) is 3.59. The molecule has 0 saturated carbocycles. The van der Waals surface area contributed by atoms with Crippen molar-refractivity contribution in [3.05, 3.63) is 96.0 Å². The van der Waals surface area contributed by atoms with Gasteiger partial charge in [0.25, 0.3) is 5.91 Å². The highest BCUT2D eigenvalue weighted by Crippen LogP contribution is 2.44. The Morgan fingerprint density at radius 3 is 2.51 bits per heavy atom. The van der Waals surface area contributed by atoms with Gasteiger partial charge in [-0.15, -0.1) is 0 Å². The molecule has 0 aliphatic heterocycles. The summed E-state index contributed by atoms with van der Waals surface area (Å²) in [6, 6.07) is 17.5. The van der Waals surface area contributed by atoms with E-state index in [0.717, 1.165) is 33.4 Å². The fourth-order valence-corrected chi connectivity index (χ4v) is 5.23. The van der Waals surface area contributed by atoms with Gasteiger partial charge in [0, 0.05) is 64.4 Å². The number of halogens is 1. The molecule has 0 atom stereocenters. The molecule has 0 aliphatic carbocycles. The number of nitrogens with zero attached hydrogens (tertiary/aromatic N) is 4. The highest BCUT2D eigenvalue weighted by atomic mass is 19.1. The predicted molar refractivity (Wildman–Crippen MR) is 158 cm³/mol. The Labute approximate surface area is 237 Å². The van der Waals surface area contributed by atoms with Crippen LogP contribution in [0.2, 0.25) is 0 Å². The maximum atomic E-state index is 14.0. The molecule has 2 heterocycles. The number of anilines is 1. The first-order valence-electron chi connectivity index (χ1n) is 13.2. The third kappa shape index (κ3) is 5.46. The molecule has 0 bridgehead atoms. The molecular weight excluding hydrogens is 521 g/mol. The van der Waals surface area contributed by atoms with Crippen LogP contribution in [0.5, 0.6) is 0 Å². The molecule has 4 N–H and O–H groups in total. The van der Waals surface area contributed by atoms with Crippen molar-refractivity contribution >= 4 is 28.7 Å². The van der Waals surface area contributed by atoms with Crippen molar-refractivity contribution in [2.75, 3.05) is 26.0 Å². The molecule has 3 aromatic carbocycles. The normalized spacial score (nSPS) is 11.6. The Balaban J connectivity index is 1.64. The third-order valence-corrected chi connectivity index (χ3v) is 7.09. The van der Waals surface area contributed by atoms with Crippen LogP contribution in [0.15, 0.2) is 73.3 Å². The second-order valence-electron chi connectivity index (χ2n) is 10.5. The highest BCUT2D eigenvalue weighted by molar-refractivity contribution is 6.05. The van der Waals surface area contributed by atoms with Crippen molar-refractivity contribution in [3.8, 4) is 16.8 Å². The summed E-state index contributed by atoms with van der Waals surface area (Å²) in [5, 5.41) is 15.7. The van der Waals surface area contributed by atoms with Crippen molar-refractivity contribution in [3.63, 3.8) is 0 Å². The van der Waals surface area contributed by atoms with E-state index in [1.165, 1.54) is 24.7 Å². The van der Waals surface area contributed by atoms with Crippen LogP contribution < -0.4 is 11.1 Å². The number of benzene rings is 3. The minimum atomic E-state index is -0.492. The van der Waals surface area contributed by atoms with E-state index in [4.69, 9.17) is 15.9 Å². The molecule has 2 aromatic heterocycles. The van der Waals surface area contributed by atoms with Crippen LogP contribution in [0.3, 0.4) is 0 Å². The van der Waals surface area contributed by atoms with Crippen molar-refractivity contribution < 1.29 is 13.9 Å². The first-order valence-corrected chi connectivity index (χ1v) is 13.2. The van der Waals surface area contributed by atoms with E-state index >= 15 is 0 Å². The molecule has 210 valence electrons. The Hall–Kier alpha value is -4.83. The Morgan fingerprint density at radius 1 is 1.15 bits per heavy atom. The minimum absolute atomic E-state index is 0.190. The van der Waals surface area contributed by atoms with Crippen LogP contribution in [0.1, 0.15) is 35.5 Å². The summed E-state index contributed by atoms with van der Waals surface area (Å²) in [6.07, 6.45) is 4.28. The number of methoxy groups -OCH3 is 1. The van der Waals surface area contributed by atoms with Gasteiger partial charge in [-0.05, 0) is 54.1 Å². The molecular formula is C31H32FN7O2. The van der Waals surface area contributed by atoms with Gasteiger partial charge in [0.15, 0.2) is 0 Å². The number of nitrogens with one attached hydrogen (secondary N) is 2. The van der Waals surface area contributed by atoms with Crippen molar-refractivity contribution in [2.24, 2.45) is 0 Å². The Kier molecular flexibility index (Phi) is 7.67. The number of nitrogens with two attached hydrogens (primary N) is 1. The Bertz CT molecular complexity index is 1690. The highest BCUT2D eigenvalue weighted by Gasteiger charge is 2.32. The first kappa shape index (κ1) is 27.7. The number of nitrogen functional groups attached to an aromatic ring is 1. The van der Waals surface area contributed by atoms with Gasteiger partial charge in [-0.3, -0.25) is 9.48 Å². The van der Waals surface area contributed by atoms with Crippen molar-refractivity contribution in [1.29, 1.82) is 5.41 Å². The summed E-state index contributed by atoms with van der Waals surface area (Å²) in [4.78, 5) is 16.7. The van der Waals surface area contributed by atoms with Gasteiger partial charge in [-0.25, -0.2) is 9.37 Å². The smallest absolute Gasteiger partial charge is 0.251 e. The average molecular weight is 554 g/mol. The number of hydrogen-bond acceptors (Lipinski definition) is 6. The standard InChI is InChI=1S/C31H32FN7O2/c1-31(2,17-41-3)29-28(20-4-6-21(7-5-20)30(40)36-12-13-38-19-35-18-37-38)25-15-26(34)22(16-33)14-27(25)39(29)24-10-8-23(32)9-11-24/h4-11,14-16,18-19,33H,12-13,17,34H2,1-3H3,(H,36,40). The molecule has 0 fully saturated rings. The van der Waals surface area contributed by atoms with E-state index in [0.29, 0.717) is 36.5 Å². The third-order valence-electron chi connectivity index (χ3n) is 7.09. The van der Waals surface area contributed by atoms with Crippen LogP contribution in [-0.2, 0) is 16.7 Å². The maximum absolute atomic E-state index is 14.0. The molecule has 5 aromatic rings. The van der Waals surface area contributed by atoms with Gasteiger partial charge < -0.3 is 25.8 Å². The second-order valence-corrected chi connectivity index (χ2v) is 10.5. The fourth-order valence-electron chi connectivity index (χ4n) is 5.23. The van der Waals surface area contributed by atoms with Gasteiger partial charge in [-0.1, -0.05) is 26.0 Å². The number of rotatable bonds is 10. The van der Waals surface area contributed by atoms with Crippen molar-refractivity contribution in [1.82, 2.24) is 24.6 Å². The van der Waals surface area contributed by atoms with E-state index in [-0.39, 0.29) is 11.7 Å². The van der Waals surface area contributed by atoms with Crippen LogP contribution in [0.4, 0.5) is 10.1 Å². The van der Waals surface area contributed by atoms with E-state index in [2.05, 4.69) is 33.8 Å².